The molecule has 3 aromatic carbocycles. The number of rotatable bonds is 7. The van der Waals surface area contributed by atoms with Crippen LogP contribution in [0.3, 0.4) is 0 Å². The molecule has 0 radical (unpaired) electrons. The molecule has 4 rings (SSSR count). The number of carbonyl (C=O) groups excluding carboxylic acids is 2. The molecule has 1 heterocycles. The van der Waals surface area contributed by atoms with Gasteiger partial charge in [-0.2, -0.15) is 0 Å². The highest BCUT2D eigenvalue weighted by atomic mass is 16.5. The summed E-state index contributed by atoms with van der Waals surface area (Å²) in [5.74, 6) is 1.05. The third-order valence-corrected chi connectivity index (χ3v) is 5.21. The lowest BCUT2D eigenvalue weighted by atomic mass is 10.1. The summed E-state index contributed by atoms with van der Waals surface area (Å²) in [5.41, 5.74) is 2.12. The number of nitrogens with one attached hydrogen (secondary N) is 1. The predicted molar refractivity (Wildman–Crippen MR) is 114 cm³/mol. The van der Waals surface area contributed by atoms with Crippen molar-refractivity contribution in [3.05, 3.63) is 59.7 Å². The molecule has 0 atom stereocenters. The Bertz CT molecular complexity index is 1140. The van der Waals surface area contributed by atoms with Crippen molar-refractivity contribution in [3.63, 3.8) is 0 Å². The zero-order valence-electron chi connectivity index (χ0n) is 17.0. The van der Waals surface area contributed by atoms with Crippen molar-refractivity contribution in [2.75, 3.05) is 32.8 Å². The summed E-state index contributed by atoms with van der Waals surface area (Å²) in [6, 6.07) is 14.9. The van der Waals surface area contributed by atoms with Crippen molar-refractivity contribution < 1.29 is 23.8 Å². The first-order valence-corrected chi connectivity index (χ1v) is 9.47. The van der Waals surface area contributed by atoms with Gasteiger partial charge in [-0.25, -0.2) is 0 Å². The summed E-state index contributed by atoms with van der Waals surface area (Å²) in [7, 11) is 4.60. The van der Waals surface area contributed by atoms with Gasteiger partial charge in [0.25, 0.3) is 5.91 Å². The highest BCUT2D eigenvalue weighted by Gasteiger charge is 2.30. The van der Waals surface area contributed by atoms with Crippen molar-refractivity contribution in [2.45, 2.75) is 6.54 Å². The summed E-state index contributed by atoms with van der Waals surface area (Å²) >= 11 is 0. The van der Waals surface area contributed by atoms with Gasteiger partial charge in [0.2, 0.25) is 11.7 Å². The Hall–Kier alpha value is -3.74. The first-order valence-electron chi connectivity index (χ1n) is 9.47. The number of anilines is 1. The van der Waals surface area contributed by atoms with Gasteiger partial charge >= 0.3 is 0 Å². The SMILES string of the molecule is COc1ccc(CNC(=O)CN2C(=O)c3cccc4cccc2c34)c(OC)c1OC. The van der Waals surface area contributed by atoms with Crippen molar-refractivity contribution in [1.82, 2.24) is 5.32 Å². The van der Waals surface area contributed by atoms with E-state index in [9.17, 15) is 9.59 Å². The Kier molecular flexibility index (Phi) is 5.18. The van der Waals surface area contributed by atoms with Crippen molar-refractivity contribution in [1.29, 1.82) is 0 Å². The summed E-state index contributed by atoms with van der Waals surface area (Å²) in [6.07, 6.45) is 0. The minimum Gasteiger partial charge on any atom is -0.493 e. The van der Waals surface area contributed by atoms with Gasteiger partial charge in [0, 0.05) is 23.1 Å². The number of methoxy groups -OCH3 is 3. The van der Waals surface area contributed by atoms with Crippen molar-refractivity contribution >= 4 is 28.3 Å². The maximum Gasteiger partial charge on any atom is 0.259 e. The van der Waals surface area contributed by atoms with E-state index in [-0.39, 0.29) is 24.9 Å². The highest BCUT2D eigenvalue weighted by Crippen LogP contribution is 2.40. The second kappa shape index (κ2) is 7.94. The molecule has 1 N–H and O–H groups in total. The molecule has 30 heavy (non-hydrogen) atoms. The third kappa shape index (κ3) is 3.18. The molecule has 0 aliphatic carbocycles. The van der Waals surface area contributed by atoms with Crippen molar-refractivity contribution in [2.24, 2.45) is 0 Å². The number of carbonyl (C=O) groups is 2. The molecular formula is C23H22N2O5. The van der Waals surface area contributed by atoms with E-state index in [2.05, 4.69) is 5.32 Å². The molecule has 0 bridgehead atoms. The lowest BCUT2D eigenvalue weighted by Crippen LogP contribution is -2.38. The van der Waals surface area contributed by atoms with Gasteiger partial charge in [-0.1, -0.05) is 24.3 Å². The fraction of sp³-hybridized carbons (Fsp3) is 0.217. The minimum absolute atomic E-state index is 0.0672. The number of hydrogen-bond acceptors (Lipinski definition) is 5. The molecule has 0 unspecified atom stereocenters. The molecule has 1 aliphatic rings. The van der Waals surface area contributed by atoms with E-state index < -0.39 is 0 Å². The molecule has 7 heteroatoms. The van der Waals surface area contributed by atoms with Crippen LogP contribution in [0.25, 0.3) is 10.8 Å². The van der Waals surface area contributed by atoms with Crippen LogP contribution in [0.1, 0.15) is 15.9 Å². The zero-order chi connectivity index (χ0) is 21.3. The molecule has 0 saturated heterocycles. The van der Waals surface area contributed by atoms with Crippen LogP contribution in [0, 0.1) is 0 Å². The summed E-state index contributed by atoms with van der Waals surface area (Å²) in [5, 5.41) is 4.73. The Labute approximate surface area is 174 Å². The van der Waals surface area contributed by atoms with Crippen LogP contribution < -0.4 is 24.4 Å². The molecule has 3 aromatic rings. The standard InChI is InChI=1S/C23H22N2O5/c1-28-18-11-10-15(21(29-2)22(18)30-3)12-24-19(26)13-25-17-9-5-7-14-6-4-8-16(20(14)17)23(25)27/h4-11H,12-13H2,1-3H3,(H,24,26). The summed E-state index contributed by atoms with van der Waals surface area (Å²) < 4.78 is 16.1. The van der Waals surface area contributed by atoms with Gasteiger partial charge in [0.1, 0.15) is 6.54 Å². The molecule has 7 nitrogen and oxygen atoms in total. The smallest absolute Gasteiger partial charge is 0.259 e. The predicted octanol–water partition coefficient (Wildman–Crippen LogP) is 3.14. The van der Waals surface area contributed by atoms with Crippen LogP contribution in [0.5, 0.6) is 17.2 Å². The van der Waals surface area contributed by atoms with Crippen LogP contribution in [0.4, 0.5) is 5.69 Å². The average Bonchev–Trinajstić information content (AvgIpc) is 3.04. The number of nitrogens with zero attached hydrogens (tertiary/aromatic N) is 1. The third-order valence-electron chi connectivity index (χ3n) is 5.21. The summed E-state index contributed by atoms with van der Waals surface area (Å²) in [4.78, 5) is 27.0. The average molecular weight is 406 g/mol. The Morgan fingerprint density at radius 3 is 2.37 bits per heavy atom. The number of hydrogen-bond donors (Lipinski definition) is 1. The Morgan fingerprint density at radius 2 is 1.67 bits per heavy atom. The molecular weight excluding hydrogens is 384 g/mol. The molecule has 154 valence electrons. The largest absolute Gasteiger partial charge is 0.493 e. The number of amides is 2. The second-order valence-electron chi connectivity index (χ2n) is 6.84. The molecule has 1 aliphatic heterocycles. The van der Waals surface area contributed by atoms with Gasteiger partial charge in [-0.15, -0.1) is 0 Å². The van der Waals surface area contributed by atoms with Crippen LogP contribution in [0.2, 0.25) is 0 Å². The highest BCUT2D eigenvalue weighted by molar-refractivity contribution is 6.26. The van der Waals surface area contributed by atoms with Crippen LogP contribution in [-0.2, 0) is 11.3 Å². The topological polar surface area (TPSA) is 77.1 Å². The normalized spacial score (nSPS) is 12.2. The number of benzene rings is 3. The van der Waals surface area contributed by atoms with Gasteiger partial charge in [0.15, 0.2) is 11.5 Å². The second-order valence-corrected chi connectivity index (χ2v) is 6.84. The van der Waals surface area contributed by atoms with E-state index in [1.54, 1.807) is 25.3 Å². The van der Waals surface area contributed by atoms with Crippen LogP contribution in [0.15, 0.2) is 48.5 Å². The monoisotopic (exact) mass is 406 g/mol. The minimum atomic E-state index is -0.273. The maximum atomic E-state index is 12.8. The summed E-state index contributed by atoms with van der Waals surface area (Å²) in [6.45, 7) is 0.157. The van der Waals surface area contributed by atoms with Gasteiger partial charge < -0.3 is 19.5 Å². The van der Waals surface area contributed by atoms with E-state index in [0.29, 0.717) is 22.8 Å². The van der Waals surface area contributed by atoms with Crippen LogP contribution in [-0.4, -0.2) is 39.7 Å². The molecule has 0 aromatic heterocycles. The van der Waals surface area contributed by atoms with E-state index in [4.69, 9.17) is 14.2 Å². The van der Waals surface area contributed by atoms with Crippen molar-refractivity contribution in [3.8, 4) is 17.2 Å². The number of ether oxygens (including phenoxy) is 3. The van der Waals surface area contributed by atoms with E-state index >= 15 is 0 Å². The molecule has 2 amide bonds. The first-order chi connectivity index (χ1) is 14.6. The molecule has 0 spiro atoms. The van der Waals surface area contributed by atoms with E-state index in [1.165, 1.54) is 19.1 Å². The van der Waals surface area contributed by atoms with Gasteiger partial charge in [-0.3, -0.25) is 14.5 Å². The maximum absolute atomic E-state index is 12.8. The quantitative estimate of drug-likeness (QED) is 0.652. The lowest BCUT2D eigenvalue weighted by Gasteiger charge is -2.18. The molecule has 0 saturated carbocycles. The fourth-order valence-corrected chi connectivity index (χ4v) is 3.83. The Balaban J connectivity index is 1.51. The van der Waals surface area contributed by atoms with E-state index in [1.807, 2.05) is 30.3 Å². The molecule has 0 fully saturated rings. The zero-order valence-corrected chi connectivity index (χ0v) is 17.0. The van der Waals surface area contributed by atoms with Gasteiger partial charge in [0.05, 0.1) is 27.0 Å². The lowest BCUT2D eigenvalue weighted by molar-refractivity contribution is -0.119. The van der Waals surface area contributed by atoms with Gasteiger partial charge in [-0.05, 0) is 29.7 Å². The Morgan fingerprint density at radius 1 is 0.933 bits per heavy atom. The first kappa shape index (κ1) is 19.6. The fourth-order valence-electron chi connectivity index (χ4n) is 3.83. The van der Waals surface area contributed by atoms with E-state index in [0.717, 1.165) is 22.0 Å². The van der Waals surface area contributed by atoms with Crippen LogP contribution >= 0.6 is 0 Å².